The quantitative estimate of drug-likeness (QED) is 0.144. The van der Waals surface area contributed by atoms with Crippen LogP contribution in [-0.2, 0) is 27.5 Å². The molecule has 270 valence electrons. The fourth-order valence-corrected chi connectivity index (χ4v) is 9.34. The Morgan fingerprint density at radius 3 is 2.23 bits per heavy atom. The Morgan fingerprint density at radius 1 is 0.942 bits per heavy atom. The van der Waals surface area contributed by atoms with E-state index in [0.717, 1.165) is 52.2 Å². The Hall–Kier alpha value is -4.33. The van der Waals surface area contributed by atoms with E-state index < -0.39 is 5.97 Å². The van der Waals surface area contributed by atoms with Gasteiger partial charge in [-0.25, -0.2) is 4.79 Å². The minimum atomic E-state index is -0.681. The lowest BCUT2D eigenvalue weighted by atomic mass is 9.97. The minimum Gasteiger partial charge on any atom is -0.539 e. The maximum Gasteiger partial charge on any atom is 0.378 e. The number of fused-ring (bicyclic) bond motifs is 3. The number of β-lactam (4-membered cyclic amide) rings is 1. The molecule has 3 fully saturated rings. The first kappa shape index (κ1) is 36.1. The van der Waals surface area contributed by atoms with E-state index in [2.05, 4.69) is 4.65 Å². The first-order chi connectivity index (χ1) is 25.1. The number of carbonyl (C=O) groups is 3. The fraction of sp³-hybridized carbons (Fsp3) is 0.395. The highest BCUT2D eigenvalue weighted by atomic mass is 35.5. The zero-order valence-corrected chi connectivity index (χ0v) is 30.9. The molecule has 3 aromatic rings. The molecule has 4 aliphatic heterocycles. The number of carbonyl (C=O) groups excluding carboxylic acids is 3. The molecule has 2 bridgehead atoms. The van der Waals surface area contributed by atoms with Gasteiger partial charge in [-0.15, -0.1) is 11.8 Å². The van der Waals surface area contributed by atoms with E-state index in [4.69, 9.17) is 38.6 Å². The van der Waals surface area contributed by atoms with Gasteiger partial charge in [0.05, 0.1) is 68.3 Å². The number of thioether (sulfide) groups is 1. The van der Waals surface area contributed by atoms with E-state index >= 15 is 0 Å². The Labute approximate surface area is 313 Å². The lowest BCUT2D eigenvalue weighted by molar-refractivity contribution is -0.916. The third-order valence-corrected chi connectivity index (χ3v) is 12.4. The molecule has 0 N–H and O–H groups in total. The average molecular weight is 745 g/mol. The van der Waals surface area contributed by atoms with Gasteiger partial charge in [-0.05, 0) is 47.5 Å². The maximum absolute atomic E-state index is 14.3. The molecule has 2 radical (unpaired) electrons. The van der Waals surface area contributed by atoms with Crippen LogP contribution in [0.5, 0.6) is 23.0 Å². The normalized spacial score (nSPS) is 23.5. The highest BCUT2D eigenvalue weighted by Gasteiger charge is 2.54. The van der Waals surface area contributed by atoms with E-state index in [1.165, 1.54) is 0 Å². The number of piperazine rings is 1. The summed E-state index contributed by atoms with van der Waals surface area (Å²) in [6.45, 7) is 5.68. The minimum absolute atomic E-state index is 0.0212. The molecule has 4 aliphatic rings. The smallest absolute Gasteiger partial charge is 0.378 e. The number of nitrogens with zero attached hydrogens (tertiary/aromatic N) is 3. The molecule has 3 aromatic carbocycles. The zero-order valence-electron chi connectivity index (χ0n) is 29.3. The van der Waals surface area contributed by atoms with Crippen molar-refractivity contribution in [3.05, 3.63) is 93.6 Å². The van der Waals surface area contributed by atoms with E-state index in [1.807, 2.05) is 60.4 Å². The van der Waals surface area contributed by atoms with Gasteiger partial charge in [-0.3, -0.25) is 14.5 Å². The fourth-order valence-electron chi connectivity index (χ4n) is 7.68. The molecule has 52 heavy (non-hydrogen) atoms. The van der Waals surface area contributed by atoms with Crippen LogP contribution in [0.1, 0.15) is 34.8 Å². The second-order valence-corrected chi connectivity index (χ2v) is 15.1. The van der Waals surface area contributed by atoms with Gasteiger partial charge in [-0.1, -0.05) is 42.8 Å². The molecule has 4 heterocycles. The lowest BCUT2D eigenvalue weighted by Crippen LogP contribution is -2.62. The molecule has 3 saturated heterocycles. The molecule has 0 spiro atoms. The number of rotatable bonds is 12. The van der Waals surface area contributed by atoms with Gasteiger partial charge in [0.2, 0.25) is 5.91 Å². The van der Waals surface area contributed by atoms with E-state index in [9.17, 15) is 14.4 Å². The number of hydrogen-bond donors (Lipinski definition) is 0. The molecule has 0 unspecified atom stereocenters. The zero-order chi connectivity index (χ0) is 36.6. The predicted octanol–water partition coefficient (Wildman–Crippen LogP) is 4.99. The number of quaternary nitrogens is 1. The van der Waals surface area contributed by atoms with Gasteiger partial charge < -0.3 is 33.0 Å². The second-order valence-electron chi connectivity index (χ2n) is 13.7. The lowest BCUT2D eigenvalue weighted by Gasteiger charge is -2.50. The van der Waals surface area contributed by atoms with Gasteiger partial charge in [0.25, 0.3) is 5.91 Å². The van der Waals surface area contributed by atoms with E-state index in [0.29, 0.717) is 42.4 Å². The number of amides is 2. The van der Waals surface area contributed by atoms with Crippen molar-refractivity contribution in [1.82, 2.24) is 9.80 Å². The predicted molar refractivity (Wildman–Crippen MR) is 196 cm³/mol. The molecule has 11 nitrogen and oxygen atoms in total. The Balaban J connectivity index is 1.10. The summed E-state index contributed by atoms with van der Waals surface area (Å²) >= 11 is 8.71. The standard InChI is InChI=1S/C38H40BClN3O8S/c1-23-35(44)42-33(38(46)51-39)26(22-52-37(23)42)18-43-16-14-27(19-43)41(15-17-43)36(45)30-12-13-31(49-20-24-4-8-28(47-2)9-5-24)34(32(30)40)50-21-25-6-10-29(48-3)11-7-25/h4-13,23,27,37H,14-22H2,1-3H3/q+1/t23-,27+,37-,43+/m1/s1. The molecular weight excluding hydrogens is 705 g/mol. The maximum atomic E-state index is 14.3. The van der Waals surface area contributed by atoms with Crippen molar-refractivity contribution < 1.29 is 42.5 Å². The Bertz CT molecular complexity index is 1890. The van der Waals surface area contributed by atoms with Gasteiger partial charge in [0.1, 0.15) is 37.0 Å². The molecule has 2 amide bonds. The first-order valence-electron chi connectivity index (χ1n) is 17.2. The highest BCUT2D eigenvalue weighted by molar-refractivity contribution is 8.00. The summed E-state index contributed by atoms with van der Waals surface area (Å²) in [7, 11) is 8.55. The average Bonchev–Trinajstić information content (AvgIpc) is 3.50. The van der Waals surface area contributed by atoms with Crippen LogP contribution >= 0.6 is 23.4 Å². The van der Waals surface area contributed by atoms with Crippen molar-refractivity contribution in [3.8, 4) is 23.0 Å². The van der Waals surface area contributed by atoms with E-state index in [-0.39, 0.29) is 53.1 Å². The van der Waals surface area contributed by atoms with Crippen molar-refractivity contribution in [1.29, 1.82) is 0 Å². The summed E-state index contributed by atoms with van der Waals surface area (Å²) in [5, 5.41) is 0.104. The van der Waals surface area contributed by atoms with Crippen LogP contribution in [0.15, 0.2) is 71.9 Å². The number of hydrogen-bond acceptors (Lipinski definition) is 9. The van der Waals surface area contributed by atoms with Crippen molar-refractivity contribution in [2.75, 3.05) is 52.7 Å². The number of methoxy groups -OCH3 is 2. The largest absolute Gasteiger partial charge is 0.539 e. The number of halogens is 1. The van der Waals surface area contributed by atoms with Crippen molar-refractivity contribution >= 4 is 49.2 Å². The van der Waals surface area contributed by atoms with E-state index in [1.54, 1.807) is 43.0 Å². The molecule has 4 atom stereocenters. The third-order valence-electron chi connectivity index (χ3n) is 10.6. The molecule has 0 aromatic heterocycles. The molecule has 0 aliphatic carbocycles. The topological polar surface area (TPSA) is 104 Å². The Kier molecular flexibility index (Phi) is 10.4. The summed E-state index contributed by atoms with van der Waals surface area (Å²) in [6.07, 6.45) is 0.798. The first-order valence-corrected chi connectivity index (χ1v) is 18.7. The van der Waals surface area contributed by atoms with Crippen LogP contribution in [0.25, 0.3) is 0 Å². The monoisotopic (exact) mass is 744 g/mol. The van der Waals surface area contributed by atoms with Crippen LogP contribution in [0.2, 0.25) is 5.02 Å². The van der Waals surface area contributed by atoms with Crippen molar-refractivity contribution in [2.45, 2.75) is 38.0 Å². The summed E-state index contributed by atoms with van der Waals surface area (Å²) in [4.78, 5) is 43.3. The third kappa shape index (κ3) is 6.81. The summed E-state index contributed by atoms with van der Waals surface area (Å²) in [6, 6.07) is 18.5. The SMILES string of the molecule is [B]OC(=O)C1=C(C[N@@+]23CC[C@@H](C2)N(C(=O)c2ccc(OCc4ccc(OC)cc4)c(OCc4ccc(OC)cc4)c2Cl)CC3)CS[C@@H]2[C@H](C)C(=O)N12. The highest BCUT2D eigenvalue weighted by Crippen LogP contribution is 2.45. The van der Waals surface area contributed by atoms with Gasteiger partial charge in [0.15, 0.2) is 11.5 Å². The summed E-state index contributed by atoms with van der Waals surface area (Å²) in [5.41, 5.74) is 3.31. The number of benzene rings is 3. The van der Waals surface area contributed by atoms with Crippen LogP contribution in [0, 0.1) is 5.92 Å². The summed E-state index contributed by atoms with van der Waals surface area (Å²) < 4.78 is 28.4. The van der Waals surface area contributed by atoms with Crippen molar-refractivity contribution in [3.63, 3.8) is 0 Å². The molecule has 14 heteroatoms. The molecule has 0 saturated carbocycles. The van der Waals surface area contributed by atoms with Gasteiger partial charge in [-0.2, -0.15) is 0 Å². The van der Waals surface area contributed by atoms with Crippen molar-refractivity contribution in [2.24, 2.45) is 5.92 Å². The van der Waals surface area contributed by atoms with Crippen LogP contribution < -0.4 is 18.9 Å². The molecule has 7 rings (SSSR count). The van der Waals surface area contributed by atoms with Crippen LogP contribution in [0.4, 0.5) is 0 Å². The second kappa shape index (κ2) is 15.0. The molecular formula is C38H40BClN3O8S+. The van der Waals surface area contributed by atoms with Crippen LogP contribution in [-0.4, -0.2) is 104 Å². The van der Waals surface area contributed by atoms with Gasteiger partial charge in [0, 0.05) is 17.7 Å². The van der Waals surface area contributed by atoms with Gasteiger partial charge >= 0.3 is 14.0 Å². The number of ether oxygens (including phenoxy) is 4. The van der Waals surface area contributed by atoms with Crippen LogP contribution in [0.3, 0.4) is 0 Å². The summed E-state index contributed by atoms with van der Waals surface area (Å²) in [5.74, 6) is 1.72. The Morgan fingerprint density at radius 2 is 1.60 bits per heavy atom.